The molecule has 3 nitrogen and oxygen atoms in total. The lowest BCUT2D eigenvalue weighted by molar-refractivity contribution is -0.137. The number of benzene rings is 1. The van der Waals surface area contributed by atoms with Crippen LogP contribution in [0.3, 0.4) is 0 Å². The second kappa shape index (κ2) is 7.01. The summed E-state index contributed by atoms with van der Waals surface area (Å²) in [6.07, 6.45) is 2.63. The quantitative estimate of drug-likeness (QED) is 0.789. The van der Waals surface area contributed by atoms with E-state index in [-0.39, 0.29) is 11.9 Å². The minimum absolute atomic E-state index is 0.231. The molecule has 1 aromatic carbocycles. The Labute approximate surface area is 142 Å². The second-order valence-electron chi connectivity index (χ2n) is 5.91. The maximum absolute atomic E-state index is 12.8. The lowest BCUT2D eigenvalue weighted by Crippen LogP contribution is -2.22. The molecule has 0 radical (unpaired) electrons. The highest BCUT2D eigenvalue weighted by Crippen LogP contribution is 2.32. The molecule has 24 heavy (non-hydrogen) atoms. The smallest absolute Gasteiger partial charge is 0.301 e. The third-order valence-electron chi connectivity index (χ3n) is 4.04. The van der Waals surface area contributed by atoms with Crippen molar-refractivity contribution in [1.29, 1.82) is 0 Å². The van der Waals surface area contributed by atoms with Gasteiger partial charge in [0, 0.05) is 0 Å². The highest BCUT2D eigenvalue weighted by Gasteiger charge is 2.30. The number of hydrogen-bond donors (Lipinski definition) is 1. The van der Waals surface area contributed by atoms with Crippen molar-refractivity contribution >= 4 is 28.9 Å². The average Bonchev–Trinajstić information content (AvgIpc) is 2.87. The van der Waals surface area contributed by atoms with Crippen molar-refractivity contribution < 1.29 is 18.0 Å². The first-order valence-corrected chi connectivity index (χ1v) is 8.69. The fourth-order valence-electron chi connectivity index (χ4n) is 2.82. The number of aliphatic imine (C=N–C) groups is 1. The maximum atomic E-state index is 12.8. The predicted octanol–water partition coefficient (Wildman–Crippen LogP) is 4.60. The topological polar surface area (TPSA) is 41.5 Å². The van der Waals surface area contributed by atoms with Gasteiger partial charge in [-0.2, -0.15) is 13.2 Å². The Bertz CT molecular complexity index is 691. The molecule has 1 aliphatic carbocycles. The van der Waals surface area contributed by atoms with Gasteiger partial charge >= 0.3 is 6.18 Å². The van der Waals surface area contributed by atoms with E-state index in [1.54, 1.807) is 6.07 Å². The van der Waals surface area contributed by atoms with Gasteiger partial charge in [0.15, 0.2) is 5.17 Å². The highest BCUT2D eigenvalue weighted by atomic mass is 32.2. The van der Waals surface area contributed by atoms with Crippen LogP contribution < -0.4 is 5.32 Å². The summed E-state index contributed by atoms with van der Waals surface area (Å²) in [5.74, 6) is -0.313. The lowest BCUT2D eigenvalue weighted by Gasteiger charge is -2.17. The van der Waals surface area contributed by atoms with Gasteiger partial charge in [-0.05, 0) is 48.4 Å². The summed E-state index contributed by atoms with van der Waals surface area (Å²) in [5.41, 5.74) is -0.377. The summed E-state index contributed by atoms with van der Waals surface area (Å²) in [5, 5.41) is 3.25. The van der Waals surface area contributed by atoms with Crippen LogP contribution in [0.5, 0.6) is 0 Å². The first-order valence-electron chi connectivity index (χ1n) is 7.88. The molecule has 1 aromatic rings. The molecule has 1 saturated carbocycles. The number of thioether (sulfide) groups is 1. The SMILES string of the molecule is O=C1NC(=NC2CCCCC2)SC1=Cc1cccc(C(F)(F)F)c1. The van der Waals surface area contributed by atoms with Crippen molar-refractivity contribution in [3.8, 4) is 0 Å². The number of rotatable bonds is 2. The molecule has 2 fully saturated rings. The molecular weight excluding hydrogens is 337 g/mol. The minimum Gasteiger partial charge on any atom is -0.301 e. The first kappa shape index (κ1) is 17.1. The predicted molar refractivity (Wildman–Crippen MR) is 89.5 cm³/mol. The molecule has 1 N–H and O–H groups in total. The molecule has 0 atom stereocenters. The van der Waals surface area contributed by atoms with Gasteiger partial charge in [0.2, 0.25) is 0 Å². The van der Waals surface area contributed by atoms with Crippen molar-refractivity contribution in [3.63, 3.8) is 0 Å². The van der Waals surface area contributed by atoms with Crippen LogP contribution in [0.15, 0.2) is 34.2 Å². The van der Waals surface area contributed by atoms with Crippen LogP contribution in [-0.2, 0) is 11.0 Å². The van der Waals surface area contributed by atoms with Crippen LogP contribution in [0.4, 0.5) is 13.2 Å². The number of hydrogen-bond acceptors (Lipinski definition) is 3. The van der Waals surface area contributed by atoms with Gasteiger partial charge in [0.25, 0.3) is 5.91 Å². The van der Waals surface area contributed by atoms with Crippen molar-refractivity contribution in [1.82, 2.24) is 5.32 Å². The van der Waals surface area contributed by atoms with Crippen LogP contribution in [0.2, 0.25) is 0 Å². The zero-order valence-corrected chi connectivity index (χ0v) is 13.7. The number of carbonyl (C=O) groups excluding carboxylic acids is 1. The monoisotopic (exact) mass is 354 g/mol. The van der Waals surface area contributed by atoms with Crippen LogP contribution >= 0.6 is 11.8 Å². The van der Waals surface area contributed by atoms with Crippen LogP contribution in [-0.4, -0.2) is 17.1 Å². The molecule has 7 heteroatoms. The molecule has 1 aliphatic heterocycles. The van der Waals surface area contributed by atoms with Crippen molar-refractivity contribution in [3.05, 3.63) is 40.3 Å². The Kier molecular flexibility index (Phi) is 4.99. The molecule has 1 saturated heterocycles. The number of nitrogens with one attached hydrogen (secondary N) is 1. The Morgan fingerprint density at radius 3 is 2.67 bits per heavy atom. The summed E-state index contributed by atoms with van der Waals surface area (Å²) in [4.78, 5) is 16.9. The molecule has 0 aromatic heterocycles. The van der Waals surface area contributed by atoms with Gasteiger partial charge in [-0.1, -0.05) is 31.4 Å². The number of nitrogens with zero attached hydrogens (tertiary/aromatic N) is 1. The standard InChI is InChI=1S/C17H17F3N2OS/c18-17(19,20)12-6-4-5-11(9-12)10-14-15(23)22-16(24-14)21-13-7-2-1-3-8-13/h4-6,9-10,13H,1-3,7-8H2,(H,21,22,23). The van der Waals surface area contributed by atoms with E-state index in [2.05, 4.69) is 10.3 Å². The van der Waals surface area contributed by atoms with E-state index in [1.165, 1.54) is 30.3 Å². The molecule has 0 bridgehead atoms. The van der Waals surface area contributed by atoms with Gasteiger partial charge in [-0.25, -0.2) is 0 Å². The van der Waals surface area contributed by atoms with E-state index >= 15 is 0 Å². The lowest BCUT2D eigenvalue weighted by atomic mass is 9.96. The van der Waals surface area contributed by atoms with Gasteiger partial charge < -0.3 is 5.32 Å². The number of amidine groups is 1. The third-order valence-corrected chi connectivity index (χ3v) is 4.96. The number of halogens is 3. The average molecular weight is 354 g/mol. The van der Waals surface area contributed by atoms with E-state index < -0.39 is 11.7 Å². The number of alkyl halides is 3. The van der Waals surface area contributed by atoms with Crippen molar-refractivity contribution in [2.75, 3.05) is 0 Å². The molecule has 0 unspecified atom stereocenters. The Morgan fingerprint density at radius 2 is 1.96 bits per heavy atom. The summed E-state index contributed by atoms with van der Waals surface area (Å²) in [7, 11) is 0. The summed E-state index contributed by atoms with van der Waals surface area (Å²) >= 11 is 1.19. The maximum Gasteiger partial charge on any atom is 0.416 e. The fraction of sp³-hybridized carbons (Fsp3) is 0.412. The molecule has 1 heterocycles. The van der Waals surface area contributed by atoms with Crippen molar-refractivity contribution in [2.45, 2.75) is 44.3 Å². The second-order valence-corrected chi connectivity index (χ2v) is 6.94. The zero-order chi connectivity index (χ0) is 17.2. The van der Waals surface area contributed by atoms with Gasteiger partial charge in [0.05, 0.1) is 16.5 Å². The molecule has 2 aliphatic rings. The molecule has 3 rings (SSSR count). The van der Waals surface area contributed by atoms with Crippen molar-refractivity contribution in [2.24, 2.45) is 4.99 Å². The third kappa shape index (κ3) is 4.20. The Balaban J connectivity index is 1.76. The largest absolute Gasteiger partial charge is 0.416 e. The van der Waals surface area contributed by atoms with E-state index in [1.807, 2.05) is 0 Å². The van der Waals surface area contributed by atoms with E-state index in [0.717, 1.165) is 37.8 Å². The summed E-state index contributed by atoms with van der Waals surface area (Å²) in [6.45, 7) is 0. The Morgan fingerprint density at radius 1 is 1.21 bits per heavy atom. The van der Waals surface area contributed by atoms with Crippen LogP contribution in [0, 0.1) is 0 Å². The fourth-order valence-corrected chi connectivity index (χ4v) is 3.71. The van der Waals surface area contributed by atoms with Gasteiger partial charge in [-0.15, -0.1) is 0 Å². The molecule has 128 valence electrons. The molecular formula is C17H17F3N2OS. The minimum atomic E-state index is -4.40. The number of carbonyl (C=O) groups is 1. The van der Waals surface area contributed by atoms with Gasteiger partial charge in [-0.3, -0.25) is 9.79 Å². The summed E-state index contributed by atoms with van der Waals surface area (Å²) in [6, 6.07) is 5.17. The van der Waals surface area contributed by atoms with Crippen LogP contribution in [0.1, 0.15) is 43.2 Å². The first-order chi connectivity index (χ1) is 11.4. The summed E-state index contributed by atoms with van der Waals surface area (Å²) < 4.78 is 38.3. The van der Waals surface area contributed by atoms with E-state index in [4.69, 9.17) is 0 Å². The van der Waals surface area contributed by atoms with E-state index in [9.17, 15) is 18.0 Å². The molecule has 1 amide bonds. The molecule has 0 spiro atoms. The number of amides is 1. The highest BCUT2D eigenvalue weighted by molar-refractivity contribution is 8.18. The van der Waals surface area contributed by atoms with E-state index in [0.29, 0.717) is 15.6 Å². The normalized spacial score (nSPS) is 23.0. The van der Waals surface area contributed by atoms with Crippen LogP contribution in [0.25, 0.3) is 6.08 Å². The van der Waals surface area contributed by atoms with Gasteiger partial charge in [0.1, 0.15) is 0 Å². The zero-order valence-electron chi connectivity index (χ0n) is 12.9. The Hall–Kier alpha value is -1.76.